The lowest BCUT2D eigenvalue weighted by Gasteiger charge is -2.28. The molecule has 0 unspecified atom stereocenters. The molecule has 1 fully saturated rings. The van der Waals surface area contributed by atoms with Gasteiger partial charge in [0.05, 0.1) is 34.3 Å². The average Bonchev–Trinajstić information content (AvgIpc) is 3.56. The van der Waals surface area contributed by atoms with Crippen molar-refractivity contribution in [2.45, 2.75) is 45.4 Å². The van der Waals surface area contributed by atoms with E-state index in [0.717, 1.165) is 76.3 Å². The zero-order valence-electron chi connectivity index (χ0n) is 20.9. The van der Waals surface area contributed by atoms with E-state index in [0.29, 0.717) is 12.1 Å². The number of hydrogen-bond donors (Lipinski definition) is 3. The maximum Gasteiger partial charge on any atom is 0.224 e. The number of nitrogens with one attached hydrogen (secondary N) is 3. The summed E-state index contributed by atoms with van der Waals surface area (Å²) in [7, 11) is 0. The Morgan fingerprint density at radius 3 is 2.84 bits per heavy atom. The molecule has 6 rings (SSSR count). The molecule has 0 bridgehead atoms. The highest BCUT2D eigenvalue weighted by molar-refractivity contribution is 5.98. The summed E-state index contributed by atoms with van der Waals surface area (Å²) < 4.78 is 0. The van der Waals surface area contributed by atoms with Crippen LogP contribution in [-0.4, -0.2) is 49.1 Å². The van der Waals surface area contributed by atoms with Gasteiger partial charge in [-0.15, -0.1) is 0 Å². The zero-order valence-corrected chi connectivity index (χ0v) is 20.9. The van der Waals surface area contributed by atoms with Crippen LogP contribution < -0.4 is 10.2 Å². The van der Waals surface area contributed by atoms with Gasteiger partial charge in [-0.2, -0.15) is 5.10 Å². The number of H-pyrrole nitrogens is 2. The molecule has 3 N–H and O–H groups in total. The Balaban J connectivity index is 1.34. The van der Waals surface area contributed by atoms with Crippen molar-refractivity contribution in [3.05, 3.63) is 48.9 Å². The molecular formula is C28H30N8O. The van der Waals surface area contributed by atoms with Gasteiger partial charge in [0.25, 0.3) is 0 Å². The van der Waals surface area contributed by atoms with Gasteiger partial charge in [0.2, 0.25) is 5.91 Å². The molecule has 9 nitrogen and oxygen atoms in total. The molecule has 0 atom stereocenters. The largest absolute Gasteiger partial charge is 0.356 e. The van der Waals surface area contributed by atoms with Crippen molar-refractivity contribution in [2.24, 2.45) is 0 Å². The lowest BCUT2D eigenvalue weighted by atomic mass is 10.1. The van der Waals surface area contributed by atoms with Gasteiger partial charge in [-0.05, 0) is 56.0 Å². The fraction of sp³-hybridized carbons (Fsp3) is 0.321. The lowest BCUT2D eigenvalue weighted by Crippen LogP contribution is -2.30. The van der Waals surface area contributed by atoms with Crippen molar-refractivity contribution in [1.82, 2.24) is 30.1 Å². The molecule has 5 aromatic heterocycles. The highest BCUT2D eigenvalue weighted by Crippen LogP contribution is 2.33. The number of anilines is 2. The molecule has 188 valence electrons. The van der Waals surface area contributed by atoms with Crippen molar-refractivity contribution in [3.8, 4) is 22.6 Å². The highest BCUT2D eigenvalue weighted by Gasteiger charge is 2.19. The molecular weight excluding hydrogens is 464 g/mol. The Kier molecular flexibility index (Phi) is 6.26. The van der Waals surface area contributed by atoms with Crippen molar-refractivity contribution in [1.29, 1.82) is 0 Å². The normalized spacial score (nSPS) is 13.9. The van der Waals surface area contributed by atoms with E-state index in [1.54, 1.807) is 12.4 Å². The zero-order chi connectivity index (χ0) is 25.2. The predicted molar refractivity (Wildman–Crippen MR) is 146 cm³/mol. The summed E-state index contributed by atoms with van der Waals surface area (Å²) in [6.45, 7) is 4.14. The number of rotatable bonds is 7. The molecule has 0 aromatic carbocycles. The number of carbonyl (C=O) groups excluding carboxylic acids is 1. The molecule has 5 aromatic rings. The third kappa shape index (κ3) is 4.64. The van der Waals surface area contributed by atoms with E-state index in [-0.39, 0.29) is 5.91 Å². The number of hydrogen-bond acceptors (Lipinski definition) is 6. The van der Waals surface area contributed by atoms with E-state index in [2.05, 4.69) is 43.4 Å². The SMILES string of the molecule is CCCCC(=O)Nc1cncc(-c2ccc3[nH]nc(-c4cc5c(N6CCCCC6)nccc5[nH]4)c3n2)c1. The third-order valence-electron chi connectivity index (χ3n) is 6.92. The minimum absolute atomic E-state index is 0.00134. The second-order valence-electron chi connectivity index (χ2n) is 9.61. The molecule has 37 heavy (non-hydrogen) atoms. The summed E-state index contributed by atoms with van der Waals surface area (Å²) >= 11 is 0. The first-order valence-electron chi connectivity index (χ1n) is 13.0. The molecule has 0 saturated carbocycles. The molecule has 1 amide bonds. The van der Waals surface area contributed by atoms with Gasteiger partial charge in [0.15, 0.2) is 0 Å². The van der Waals surface area contributed by atoms with Gasteiger partial charge in [0, 0.05) is 42.9 Å². The van der Waals surface area contributed by atoms with Gasteiger partial charge in [-0.25, -0.2) is 9.97 Å². The van der Waals surface area contributed by atoms with Gasteiger partial charge in [-0.3, -0.25) is 14.9 Å². The van der Waals surface area contributed by atoms with Crippen LogP contribution in [0.15, 0.2) is 48.9 Å². The summed E-state index contributed by atoms with van der Waals surface area (Å²) in [6, 6.07) is 9.96. The number of fused-ring (bicyclic) bond motifs is 2. The molecule has 9 heteroatoms. The van der Waals surface area contributed by atoms with Crippen LogP contribution >= 0.6 is 0 Å². The molecule has 6 heterocycles. The van der Waals surface area contributed by atoms with E-state index in [9.17, 15) is 4.79 Å². The summed E-state index contributed by atoms with van der Waals surface area (Å²) in [5.41, 5.74) is 6.57. The number of pyridine rings is 3. The highest BCUT2D eigenvalue weighted by atomic mass is 16.1. The van der Waals surface area contributed by atoms with E-state index in [1.807, 2.05) is 30.5 Å². The average molecular weight is 495 g/mol. The van der Waals surface area contributed by atoms with E-state index >= 15 is 0 Å². The number of amides is 1. The Bertz CT molecular complexity index is 1560. The lowest BCUT2D eigenvalue weighted by molar-refractivity contribution is -0.116. The number of aromatic amines is 2. The van der Waals surface area contributed by atoms with Crippen LogP contribution in [0.25, 0.3) is 44.6 Å². The van der Waals surface area contributed by atoms with Crippen molar-refractivity contribution in [3.63, 3.8) is 0 Å². The van der Waals surface area contributed by atoms with Crippen molar-refractivity contribution in [2.75, 3.05) is 23.3 Å². The number of unbranched alkanes of at least 4 members (excludes halogenated alkanes) is 1. The van der Waals surface area contributed by atoms with Crippen LogP contribution in [0.3, 0.4) is 0 Å². The monoisotopic (exact) mass is 494 g/mol. The molecule has 1 aliphatic rings. The minimum atomic E-state index is -0.00134. The van der Waals surface area contributed by atoms with Crippen LogP contribution in [0.5, 0.6) is 0 Å². The van der Waals surface area contributed by atoms with E-state index in [1.165, 1.54) is 19.3 Å². The standard InChI is InChI=1S/C28H30N8O/c1-2-3-7-25(37)31-19-14-18(16-29-17-19)21-8-9-23-26(33-21)27(35-34-23)24-15-20-22(32-24)10-11-30-28(20)36-12-5-4-6-13-36/h8-11,14-17,32H,2-7,12-13H2,1H3,(H,31,37)(H,34,35). The Hall–Kier alpha value is -4.27. The minimum Gasteiger partial charge on any atom is -0.356 e. The summed E-state index contributed by atoms with van der Waals surface area (Å²) in [6.07, 6.45) is 11.3. The van der Waals surface area contributed by atoms with E-state index < -0.39 is 0 Å². The maximum absolute atomic E-state index is 12.2. The van der Waals surface area contributed by atoms with Gasteiger partial charge in [0.1, 0.15) is 17.0 Å². The smallest absolute Gasteiger partial charge is 0.224 e. The van der Waals surface area contributed by atoms with Crippen LogP contribution in [0.2, 0.25) is 0 Å². The van der Waals surface area contributed by atoms with Crippen LogP contribution in [0.4, 0.5) is 11.5 Å². The Labute approximate surface area is 214 Å². The Morgan fingerprint density at radius 1 is 1.08 bits per heavy atom. The van der Waals surface area contributed by atoms with Crippen molar-refractivity contribution >= 4 is 39.3 Å². The quantitative estimate of drug-likeness (QED) is 0.268. The summed E-state index contributed by atoms with van der Waals surface area (Å²) in [5.74, 6) is 1.02. The topological polar surface area (TPSA) is 115 Å². The molecule has 0 spiro atoms. The van der Waals surface area contributed by atoms with Gasteiger partial charge in [-0.1, -0.05) is 13.3 Å². The molecule has 1 saturated heterocycles. The summed E-state index contributed by atoms with van der Waals surface area (Å²) in [4.78, 5) is 32.1. The number of piperidine rings is 1. The predicted octanol–water partition coefficient (Wildman–Crippen LogP) is 5.68. The third-order valence-corrected chi connectivity index (χ3v) is 6.92. The molecule has 0 radical (unpaired) electrons. The van der Waals surface area contributed by atoms with Gasteiger partial charge < -0.3 is 15.2 Å². The molecule has 0 aliphatic carbocycles. The van der Waals surface area contributed by atoms with Crippen LogP contribution in [0, 0.1) is 0 Å². The Morgan fingerprint density at radius 2 is 1.97 bits per heavy atom. The first kappa shape index (κ1) is 23.1. The first-order chi connectivity index (χ1) is 18.2. The maximum atomic E-state index is 12.2. The molecule has 1 aliphatic heterocycles. The number of nitrogens with zero attached hydrogens (tertiary/aromatic N) is 5. The van der Waals surface area contributed by atoms with Crippen molar-refractivity contribution < 1.29 is 4.79 Å². The number of carbonyl (C=O) groups is 1. The number of aromatic nitrogens is 6. The van der Waals surface area contributed by atoms with Gasteiger partial charge >= 0.3 is 0 Å². The second kappa shape index (κ2) is 10.0. The van der Waals surface area contributed by atoms with Crippen LogP contribution in [-0.2, 0) is 4.79 Å². The fourth-order valence-electron chi connectivity index (χ4n) is 4.98. The van der Waals surface area contributed by atoms with E-state index in [4.69, 9.17) is 9.97 Å². The second-order valence-corrected chi connectivity index (χ2v) is 9.61. The first-order valence-corrected chi connectivity index (χ1v) is 13.0. The summed E-state index contributed by atoms with van der Waals surface area (Å²) in [5, 5.41) is 11.8. The fourth-order valence-corrected chi connectivity index (χ4v) is 4.98. The van der Waals surface area contributed by atoms with Crippen LogP contribution in [0.1, 0.15) is 45.4 Å².